The third-order valence-electron chi connectivity index (χ3n) is 3.11. The number of furan rings is 1. The van der Waals surface area contributed by atoms with Gasteiger partial charge in [-0.1, -0.05) is 13.3 Å². The lowest BCUT2D eigenvalue weighted by atomic mass is 9.96. The Balaban J connectivity index is 2.65. The number of carboxylic acid groups (broad SMARTS) is 1. The first kappa shape index (κ1) is 16.7. The van der Waals surface area contributed by atoms with Crippen molar-refractivity contribution < 1.29 is 23.9 Å². The fourth-order valence-electron chi connectivity index (χ4n) is 1.84. The van der Waals surface area contributed by atoms with Gasteiger partial charge in [0.1, 0.15) is 11.6 Å². The summed E-state index contributed by atoms with van der Waals surface area (Å²) in [6.45, 7) is 4.75. The van der Waals surface area contributed by atoms with Gasteiger partial charge in [0.25, 0.3) is 5.91 Å². The van der Waals surface area contributed by atoms with Crippen molar-refractivity contribution >= 4 is 17.8 Å². The summed E-state index contributed by atoms with van der Waals surface area (Å²) >= 11 is 0. The van der Waals surface area contributed by atoms with Crippen molar-refractivity contribution in [3.63, 3.8) is 0 Å². The Morgan fingerprint density at radius 2 is 2.10 bits per heavy atom. The summed E-state index contributed by atoms with van der Waals surface area (Å²) < 4.78 is 4.92. The Kier molecular flexibility index (Phi) is 5.52. The Morgan fingerprint density at radius 3 is 2.57 bits per heavy atom. The molecule has 1 heterocycles. The van der Waals surface area contributed by atoms with E-state index in [1.54, 1.807) is 6.07 Å². The minimum Gasteiger partial charge on any atom is -0.480 e. The zero-order valence-corrected chi connectivity index (χ0v) is 12.3. The summed E-state index contributed by atoms with van der Waals surface area (Å²) in [6.07, 6.45) is 2.26. The zero-order valence-electron chi connectivity index (χ0n) is 12.3. The van der Waals surface area contributed by atoms with Crippen molar-refractivity contribution in [1.82, 2.24) is 10.6 Å². The Labute approximate surface area is 122 Å². The van der Waals surface area contributed by atoms with Gasteiger partial charge >= 0.3 is 5.97 Å². The van der Waals surface area contributed by atoms with E-state index in [9.17, 15) is 19.5 Å². The molecule has 1 aromatic heterocycles. The number of nitrogens with one attached hydrogen (secondary N) is 2. The highest BCUT2D eigenvalue weighted by Crippen LogP contribution is 2.13. The van der Waals surface area contributed by atoms with Crippen LogP contribution in [0.5, 0.6) is 0 Å². The molecule has 1 rings (SSSR count). The van der Waals surface area contributed by atoms with Crippen LogP contribution in [0.25, 0.3) is 0 Å². The number of carboxylic acids is 1. The molecule has 2 atom stereocenters. The van der Waals surface area contributed by atoms with Crippen LogP contribution in [-0.4, -0.2) is 34.5 Å². The standard InChI is InChI=1S/C14H20N2O5/c1-4-7-14(3,13(19)20)16-11(17)9(2)15-12(18)10-6-5-8-21-10/h5-6,8-9H,4,7H2,1-3H3,(H,15,18)(H,16,17)(H,19,20). The number of carbonyl (C=O) groups excluding carboxylic acids is 2. The molecule has 1 aromatic rings. The van der Waals surface area contributed by atoms with E-state index < -0.39 is 29.4 Å². The van der Waals surface area contributed by atoms with E-state index in [1.165, 1.54) is 26.2 Å². The topological polar surface area (TPSA) is 109 Å². The number of carbonyl (C=O) groups is 3. The maximum Gasteiger partial charge on any atom is 0.329 e. The molecular formula is C14H20N2O5. The van der Waals surface area contributed by atoms with Gasteiger partial charge in [-0.05, 0) is 32.4 Å². The molecule has 0 fully saturated rings. The van der Waals surface area contributed by atoms with E-state index in [4.69, 9.17) is 4.42 Å². The molecule has 0 aromatic carbocycles. The van der Waals surface area contributed by atoms with Crippen LogP contribution < -0.4 is 10.6 Å². The molecule has 0 aliphatic rings. The van der Waals surface area contributed by atoms with Gasteiger partial charge in [-0.3, -0.25) is 9.59 Å². The lowest BCUT2D eigenvalue weighted by Crippen LogP contribution is -2.57. The molecule has 116 valence electrons. The van der Waals surface area contributed by atoms with Crippen molar-refractivity contribution in [2.24, 2.45) is 0 Å². The molecule has 2 amide bonds. The van der Waals surface area contributed by atoms with Crippen LogP contribution in [0.1, 0.15) is 44.2 Å². The second-order valence-corrected chi connectivity index (χ2v) is 5.05. The summed E-state index contributed by atoms with van der Waals surface area (Å²) in [4.78, 5) is 35.0. The minimum absolute atomic E-state index is 0.0872. The van der Waals surface area contributed by atoms with Gasteiger partial charge in [-0.15, -0.1) is 0 Å². The number of amides is 2. The average Bonchev–Trinajstić information content (AvgIpc) is 2.92. The van der Waals surface area contributed by atoms with Gasteiger partial charge in [0.2, 0.25) is 5.91 Å². The van der Waals surface area contributed by atoms with Crippen molar-refractivity contribution in [2.75, 3.05) is 0 Å². The van der Waals surface area contributed by atoms with Crippen LogP contribution in [0.3, 0.4) is 0 Å². The second kappa shape index (κ2) is 6.92. The Morgan fingerprint density at radius 1 is 1.43 bits per heavy atom. The van der Waals surface area contributed by atoms with Crippen LogP contribution in [-0.2, 0) is 9.59 Å². The third kappa shape index (κ3) is 4.34. The number of rotatable bonds is 7. The summed E-state index contributed by atoms with van der Waals surface area (Å²) in [5, 5.41) is 14.1. The lowest BCUT2D eigenvalue weighted by molar-refractivity contribution is -0.147. The molecule has 2 unspecified atom stereocenters. The fraction of sp³-hybridized carbons (Fsp3) is 0.500. The minimum atomic E-state index is -1.35. The summed E-state index contributed by atoms with van der Waals surface area (Å²) in [6, 6.07) is 2.15. The van der Waals surface area contributed by atoms with Crippen LogP contribution in [0.15, 0.2) is 22.8 Å². The monoisotopic (exact) mass is 296 g/mol. The number of hydrogen-bond donors (Lipinski definition) is 3. The van der Waals surface area contributed by atoms with E-state index in [2.05, 4.69) is 10.6 Å². The summed E-state index contributed by atoms with van der Waals surface area (Å²) in [5.74, 6) is -2.12. The van der Waals surface area contributed by atoms with E-state index in [0.29, 0.717) is 12.8 Å². The molecular weight excluding hydrogens is 276 g/mol. The summed E-state index contributed by atoms with van der Waals surface area (Å²) in [7, 11) is 0. The zero-order chi connectivity index (χ0) is 16.0. The molecule has 7 nitrogen and oxygen atoms in total. The normalized spacial score (nSPS) is 14.8. The molecule has 0 saturated carbocycles. The molecule has 0 radical (unpaired) electrons. The van der Waals surface area contributed by atoms with Gasteiger partial charge in [0, 0.05) is 0 Å². The molecule has 0 aliphatic heterocycles. The molecule has 3 N–H and O–H groups in total. The van der Waals surface area contributed by atoms with Crippen molar-refractivity contribution in [3.05, 3.63) is 24.2 Å². The molecule has 21 heavy (non-hydrogen) atoms. The van der Waals surface area contributed by atoms with Gasteiger partial charge < -0.3 is 20.2 Å². The number of aliphatic carboxylic acids is 1. The van der Waals surface area contributed by atoms with E-state index in [0.717, 1.165) is 0 Å². The predicted octanol–water partition coefficient (Wildman–Crippen LogP) is 1.16. The predicted molar refractivity (Wildman–Crippen MR) is 74.7 cm³/mol. The van der Waals surface area contributed by atoms with Crippen molar-refractivity contribution in [2.45, 2.75) is 45.2 Å². The van der Waals surface area contributed by atoms with Crippen LogP contribution in [0.2, 0.25) is 0 Å². The van der Waals surface area contributed by atoms with Gasteiger partial charge in [-0.25, -0.2) is 4.79 Å². The first-order valence-corrected chi connectivity index (χ1v) is 6.70. The van der Waals surface area contributed by atoms with Gasteiger partial charge in [0.15, 0.2) is 5.76 Å². The highest BCUT2D eigenvalue weighted by molar-refractivity contribution is 5.96. The highest BCUT2D eigenvalue weighted by Gasteiger charge is 2.35. The second-order valence-electron chi connectivity index (χ2n) is 5.05. The van der Waals surface area contributed by atoms with Gasteiger partial charge in [0.05, 0.1) is 6.26 Å². The largest absolute Gasteiger partial charge is 0.480 e. The molecule has 0 spiro atoms. The molecule has 0 aliphatic carbocycles. The SMILES string of the molecule is CCCC(C)(NC(=O)C(C)NC(=O)c1ccco1)C(=O)O. The third-order valence-corrected chi connectivity index (χ3v) is 3.11. The lowest BCUT2D eigenvalue weighted by Gasteiger charge is -2.27. The highest BCUT2D eigenvalue weighted by atomic mass is 16.4. The van der Waals surface area contributed by atoms with E-state index in [1.807, 2.05) is 6.92 Å². The summed E-state index contributed by atoms with van der Waals surface area (Å²) in [5.41, 5.74) is -1.35. The maximum absolute atomic E-state index is 12.0. The molecule has 0 bridgehead atoms. The number of hydrogen-bond acceptors (Lipinski definition) is 4. The first-order valence-electron chi connectivity index (χ1n) is 6.70. The van der Waals surface area contributed by atoms with Crippen LogP contribution in [0, 0.1) is 0 Å². The fourth-order valence-corrected chi connectivity index (χ4v) is 1.84. The van der Waals surface area contributed by atoms with Gasteiger partial charge in [-0.2, -0.15) is 0 Å². The quantitative estimate of drug-likeness (QED) is 0.699. The van der Waals surface area contributed by atoms with E-state index >= 15 is 0 Å². The van der Waals surface area contributed by atoms with Crippen LogP contribution >= 0.6 is 0 Å². The average molecular weight is 296 g/mol. The molecule has 7 heteroatoms. The van der Waals surface area contributed by atoms with Crippen molar-refractivity contribution in [1.29, 1.82) is 0 Å². The van der Waals surface area contributed by atoms with Crippen LogP contribution in [0.4, 0.5) is 0 Å². The first-order chi connectivity index (χ1) is 9.80. The van der Waals surface area contributed by atoms with Crippen molar-refractivity contribution in [3.8, 4) is 0 Å². The van der Waals surface area contributed by atoms with E-state index in [-0.39, 0.29) is 5.76 Å². The Bertz CT molecular complexity index is 511. The maximum atomic E-state index is 12.0. The molecule has 0 saturated heterocycles. The Hall–Kier alpha value is -2.31. The smallest absolute Gasteiger partial charge is 0.329 e.